The molecule has 4 saturated carbocycles. The normalized spacial score (nSPS) is 33.8. The van der Waals surface area contributed by atoms with Crippen molar-refractivity contribution < 1.29 is 22.7 Å². The summed E-state index contributed by atoms with van der Waals surface area (Å²) in [6, 6.07) is 5.07. The van der Waals surface area contributed by atoms with Crippen molar-refractivity contribution in [3.63, 3.8) is 0 Å². The predicted molar refractivity (Wildman–Crippen MR) is 127 cm³/mol. The molecule has 7 rings (SSSR count). The highest BCUT2D eigenvalue weighted by molar-refractivity contribution is 7.89. The van der Waals surface area contributed by atoms with Crippen LogP contribution < -0.4 is 10.2 Å². The van der Waals surface area contributed by atoms with Crippen molar-refractivity contribution >= 4 is 21.6 Å². The Labute approximate surface area is 202 Å². The molecule has 2 saturated heterocycles. The number of morpholine rings is 2. The molecule has 186 valence electrons. The van der Waals surface area contributed by atoms with E-state index in [4.69, 9.17) is 9.47 Å². The maximum absolute atomic E-state index is 13.9. The molecule has 4 bridgehead atoms. The van der Waals surface area contributed by atoms with Crippen LogP contribution in [0.15, 0.2) is 23.1 Å². The minimum atomic E-state index is -3.69. The molecule has 0 unspecified atom stereocenters. The molecule has 2 aliphatic heterocycles. The molecular weight excluding hydrogens is 454 g/mol. The number of benzene rings is 1. The molecule has 1 aromatic rings. The molecule has 0 aromatic heterocycles. The summed E-state index contributed by atoms with van der Waals surface area (Å²) in [5, 5.41) is 3.45. The number of anilines is 1. The van der Waals surface area contributed by atoms with Gasteiger partial charge < -0.3 is 19.7 Å². The monoisotopic (exact) mass is 489 g/mol. The summed E-state index contributed by atoms with van der Waals surface area (Å²) in [4.78, 5) is 16.2. The Morgan fingerprint density at radius 3 is 2.03 bits per heavy atom. The van der Waals surface area contributed by atoms with E-state index in [0.29, 0.717) is 58.2 Å². The second-order valence-electron chi connectivity index (χ2n) is 10.9. The molecule has 1 aromatic carbocycles. The largest absolute Gasteiger partial charge is 0.379 e. The van der Waals surface area contributed by atoms with Crippen LogP contribution >= 0.6 is 0 Å². The lowest BCUT2D eigenvalue weighted by molar-refractivity contribution is -0.0167. The standard InChI is InChI=1S/C25H35N3O5S/c29-24(26-25-15-18-11-19(16-25)13-20(12-18)17-25)22-14-21(34(30,31)28-5-9-33-10-6-28)1-2-23(22)27-3-7-32-8-4-27/h1-2,14,18-20H,3-13,15-17H2,(H,26,29). The second kappa shape index (κ2) is 8.76. The second-order valence-corrected chi connectivity index (χ2v) is 12.9. The summed E-state index contributed by atoms with van der Waals surface area (Å²) >= 11 is 0. The maximum atomic E-state index is 13.9. The number of nitrogens with one attached hydrogen (secondary N) is 1. The van der Waals surface area contributed by atoms with E-state index in [-0.39, 0.29) is 16.3 Å². The summed E-state index contributed by atoms with van der Waals surface area (Å²) < 4.78 is 39.0. The summed E-state index contributed by atoms with van der Waals surface area (Å²) in [5.74, 6) is 2.03. The molecule has 0 atom stereocenters. The van der Waals surface area contributed by atoms with Crippen molar-refractivity contribution in [3.05, 3.63) is 23.8 Å². The molecule has 6 aliphatic rings. The highest BCUT2D eigenvalue weighted by atomic mass is 32.2. The number of hydrogen-bond acceptors (Lipinski definition) is 6. The zero-order valence-corrected chi connectivity index (χ0v) is 20.5. The minimum absolute atomic E-state index is 0.132. The number of ether oxygens (including phenoxy) is 2. The number of nitrogens with zero attached hydrogens (tertiary/aromatic N) is 2. The van der Waals surface area contributed by atoms with Gasteiger partial charge in [0.05, 0.1) is 36.9 Å². The Balaban J connectivity index is 1.33. The van der Waals surface area contributed by atoms with Gasteiger partial charge in [0.15, 0.2) is 0 Å². The summed E-state index contributed by atoms with van der Waals surface area (Å²) in [5.41, 5.74) is 1.13. The first kappa shape index (κ1) is 22.8. The average Bonchev–Trinajstić information content (AvgIpc) is 2.83. The van der Waals surface area contributed by atoms with E-state index in [2.05, 4.69) is 10.2 Å². The van der Waals surface area contributed by atoms with Crippen LogP contribution in [0.2, 0.25) is 0 Å². The third kappa shape index (κ3) is 4.14. The fraction of sp³-hybridized carbons (Fsp3) is 0.720. The third-order valence-electron chi connectivity index (χ3n) is 8.59. The quantitative estimate of drug-likeness (QED) is 0.683. The maximum Gasteiger partial charge on any atom is 0.253 e. The van der Waals surface area contributed by atoms with Gasteiger partial charge in [-0.1, -0.05) is 0 Å². The first-order chi connectivity index (χ1) is 16.4. The number of hydrogen-bond donors (Lipinski definition) is 1. The van der Waals surface area contributed by atoms with Gasteiger partial charge in [0, 0.05) is 37.4 Å². The van der Waals surface area contributed by atoms with Crippen molar-refractivity contribution in [2.24, 2.45) is 17.8 Å². The Morgan fingerprint density at radius 1 is 0.882 bits per heavy atom. The SMILES string of the molecule is O=C(NC12CC3CC(CC(C3)C1)C2)c1cc(S(=O)(=O)N2CCOCC2)ccc1N1CCOCC1. The lowest BCUT2D eigenvalue weighted by Crippen LogP contribution is -2.60. The summed E-state index contributed by atoms with van der Waals surface area (Å²) in [6.07, 6.45) is 7.10. The topological polar surface area (TPSA) is 88.2 Å². The zero-order chi connectivity index (χ0) is 23.3. The van der Waals surface area contributed by atoms with Crippen molar-refractivity contribution in [1.29, 1.82) is 0 Å². The number of rotatable bonds is 5. The molecular formula is C25H35N3O5S. The average molecular weight is 490 g/mol. The first-order valence-electron chi connectivity index (χ1n) is 12.8. The molecule has 4 aliphatic carbocycles. The van der Waals surface area contributed by atoms with Crippen molar-refractivity contribution in [2.75, 3.05) is 57.5 Å². The predicted octanol–water partition coefficient (Wildman–Crippen LogP) is 2.24. The van der Waals surface area contributed by atoms with Crippen LogP contribution in [0.1, 0.15) is 48.9 Å². The number of amides is 1. The van der Waals surface area contributed by atoms with E-state index in [1.165, 1.54) is 23.6 Å². The van der Waals surface area contributed by atoms with Gasteiger partial charge in [0.1, 0.15) is 0 Å². The van der Waals surface area contributed by atoms with E-state index in [1.54, 1.807) is 12.1 Å². The molecule has 0 spiro atoms. The van der Waals surface area contributed by atoms with Gasteiger partial charge in [-0.05, 0) is 74.5 Å². The van der Waals surface area contributed by atoms with E-state index < -0.39 is 10.0 Å². The Kier molecular flexibility index (Phi) is 5.87. The molecule has 2 heterocycles. The van der Waals surface area contributed by atoms with Gasteiger partial charge in [-0.25, -0.2) is 8.42 Å². The van der Waals surface area contributed by atoms with E-state index in [9.17, 15) is 13.2 Å². The van der Waals surface area contributed by atoms with Crippen LogP contribution in [0.25, 0.3) is 0 Å². The Hall–Kier alpha value is -1.68. The zero-order valence-electron chi connectivity index (χ0n) is 19.7. The van der Waals surface area contributed by atoms with Crippen molar-refractivity contribution in [1.82, 2.24) is 9.62 Å². The van der Waals surface area contributed by atoms with Gasteiger partial charge in [-0.3, -0.25) is 4.79 Å². The molecule has 0 radical (unpaired) electrons. The third-order valence-corrected chi connectivity index (χ3v) is 10.5. The Morgan fingerprint density at radius 2 is 1.44 bits per heavy atom. The number of carbonyl (C=O) groups is 1. The highest BCUT2D eigenvalue weighted by Crippen LogP contribution is 2.55. The van der Waals surface area contributed by atoms with E-state index >= 15 is 0 Å². The molecule has 1 N–H and O–H groups in total. The van der Waals surface area contributed by atoms with Crippen LogP contribution in [0.5, 0.6) is 0 Å². The fourth-order valence-electron chi connectivity index (χ4n) is 7.45. The van der Waals surface area contributed by atoms with Crippen molar-refractivity contribution in [2.45, 2.75) is 49.0 Å². The fourth-order valence-corrected chi connectivity index (χ4v) is 8.88. The molecule has 8 nitrogen and oxygen atoms in total. The highest BCUT2D eigenvalue weighted by Gasteiger charge is 2.51. The van der Waals surface area contributed by atoms with E-state index in [0.717, 1.165) is 42.7 Å². The molecule has 6 fully saturated rings. The first-order valence-corrected chi connectivity index (χ1v) is 14.2. The summed E-state index contributed by atoms with van der Waals surface area (Å²) in [7, 11) is -3.69. The lowest BCUT2D eigenvalue weighted by Gasteiger charge is -2.57. The van der Waals surface area contributed by atoms with E-state index in [1.807, 2.05) is 6.07 Å². The van der Waals surface area contributed by atoms with Gasteiger partial charge in [0.25, 0.3) is 5.91 Å². The Bertz CT molecular complexity index is 1010. The van der Waals surface area contributed by atoms with Gasteiger partial charge in [0.2, 0.25) is 10.0 Å². The summed E-state index contributed by atoms with van der Waals surface area (Å²) in [6.45, 7) is 4.04. The molecule has 1 amide bonds. The smallest absolute Gasteiger partial charge is 0.253 e. The van der Waals surface area contributed by atoms with Gasteiger partial charge in [-0.2, -0.15) is 4.31 Å². The van der Waals surface area contributed by atoms with Crippen LogP contribution in [0, 0.1) is 17.8 Å². The molecule has 9 heteroatoms. The molecule has 34 heavy (non-hydrogen) atoms. The number of sulfonamides is 1. The van der Waals surface area contributed by atoms with Crippen LogP contribution in [-0.4, -0.2) is 76.8 Å². The number of carbonyl (C=O) groups excluding carboxylic acids is 1. The van der Waals surface area contributed by atoms with Gasteiger partial charge >= 0.3 is 0 Å². The van der Waals surface area contributed by atoms with Gasteiger partial charge in [-0.15, -0.1) is 0 Å². The van der Waals surface area contributed by atoms with Crippen LogP contribution in [-0.2, 0) is 19.5 Å². The van der Waals surface area contributed by atoms with Crippen molar-refractivity contribution in [3.8, 4) is 0 Å². The lowest BCUT2D eigenvalue weighted by atomic mass is 9.53. The van der Waals surface area contributed by atoms with Crippen LogP contribution in [0.3, 0.4) is 0 Å². The minimum Gasteiger partial charge on any atom is -0.379 e. The van der Waals surface area contributed by atoms with Crippen LogP contribution in [0.4, 0.5) is 5.69 Å².